The molecule has 0 aromatic carbocycles. The predicted octanol–water partition coefficient (Wildman–Crippen LogP) is -0.471. The molecule has 0 bridgehead atoms. The van der Waals surface area contributed by atoms with Gasteiger partial charge in [-0.25, -0.2) is 0 Å². The third-order valence-corrected chi connectivity index (χ3v) is 0.471. The van der Waals surface area contributed by atoms with E-state index in [9.17, 15) is 0 Å². The van der Waals surface area contributed by atoms with Crippen LogP contribution in [0, 0.1) is 0 Å². The summed E-state index contributed by atoms with van der Waals surface area (Å²) in [6.45, 7) is 4.45. The van der Waals surface area contributed by atoms with Gasteiger partial charge in [0, 0.05) is 0 Å². The Morgan fingerprint density at radius 1 is 1.42 bits per heavy atom. The summed E-state index contributed by atoms with van der Waals surface area (Å²) in [5, 5.41) is 8.13. The molecule has 0 saturated heterocycles. The molecule has 0 rings (SSSR count). The monoisotopic (exact) mass is 200 g/mol. The number of aliphatic hydroxyl groups excluding tert-OH is 1. The first kappa shape index (κ1) is 14.1. The van der Waals surface area contributed by atoms with E-state index in [1.807, 2.05) is 0 Å². The van der Waals surface area contributed by atoms with Gasteiger partial charge in [-0.05, 0) is 0 Å². The maximum atomic E-state index is 8.74. The lowest BCUT2D eigenvalue weighted by molar-refractivity contribution is 0.112. The quantitative estimate of drug-likeness (QED) is 0.322. The summed E-state index contributed by atoms with van der Waals surface area (Å²) in [7, 11) is -4.67. The average Bonchev–Trinajstić information content (AvgIpc) is 1.85. The van der Waals surface area contributed by atoms with Crippen LogP contribution >= 0.6 is 0 Å². The Kier molecular flexibility index (Phi) is 10.1. The third kappa shape index (κ3) is 55.6. The van der Waals surface area contributed by atoms with Crippen LogP contribution in [0.1, 0.15) is 0 Å². The van der Waals surface area contributed by atoms with Gasteiger partial charge in [0.1, 0.15) is 0 Å². The molecule has 0 unspecified atom stereocenters. The summed E-state index contributed by atoms with van der Waals surface area (Å²) < 4.78 is 36.3. The van der Waals surface area contributed by atoms with Crippen LogP contribution in [0.5, 0.6) is 0 Å². The van der Waals surface area contributed by atoms with Crippen LogP contribution in [0.4, 0.5) is 0 Å². The molecule has 3 N–H and O–H groups in total. The molecule has 0 radical (unpaired) electrons. The first-order valence-corrected chi connectivity index (χ1v) is 4.31. The molecule has 0 heterocycles. The van der Waals surface area contributed by atoms with E-state index in [0.29, 0.717) is 13.2 Å². The molecule has 12 heavy (non-hydrogen) atoms. The molecule has 0 aromatic heterocycles. The Balaban J connectivity index is 0. The highest BCUT2D eigenvalue weighted by atomic mass is 32.3. The van der Waals surface area contributed by atoms with Gasteiger partial charge >= 0.3 is 10.4 Å². The van der Waals surface area contributed by atoms with E-state index in [-0.39, 0.29) is 6.61 Å². The van der Waals surface area contributed by atoms with E-state index in [4.69, 9.17) is 27.4 Å². The maximum absolute atomic E-state index is 8.74. The molecule has 0 atom stereocenters. The molecule has 6 nitrogen and oxygen atoms in total. The van der Waals surface area contributed by atoms with E-state index in [1.165, 1.54) is 0 Å². The molecule has 0 aliphatic rings. The second-order valence-electron chi connectivity index (χ2n) is 1.54. The van der Waals surface area contributed by atoms with Crippen molar-refractivity contribution in [1.29, 1.82) is 0 Å². The van der Waals surface area contributed by atoms with Gasteiger partial charge in [0.2, 0.25) is 0 Å². The molecule has 74 valence electrons. The molecule has 0 aromatic rings. The lowest BCUT2D eigenvalue weighted by Crippen LogP contribution is -1.97. The zero-order valence-corrected chi connectivity index (χ0v) is 7.20. The SMILES string of the molecule is C=CCOCCO.O=S(=O)(O)O. The van der Waals surface area contributed by atoms with Crippen LogP contribution in [-0.4, -0.2) is 42.5 Å². The van der Waals surface area contributed by atoms with E-state index in [1.54, 1.807) is 6.08 Å². The summed E-state index contributed by atoms with van der Waals surface area (Å²) in [6, 6.07) is 0. The molecule has 0 aliphatic carbocycles. The largest absolute Gasteiger partial charge is 0.394 e. The first-order valence-electron chi connectivity index (χ1n) is 2.91. The van der Waals surface area contributed by atoms with E-state index >= 15 is 0 Å². The van der Waals surface area contributed by atoms with E-state index in [0.717, 1.165) is 0 Å². The molecule has 0 spiro atoms. The van der Waals surface area contributed by atoms with Crippen LogP contribution in [0.15, 0.2) is 12.7 Å². The molecule has 0 amide bonds. The molecule has 0 saturated carbocycles. The normalized spacial score (nSPS) is 9.92. The standard InChI is InChI=1S/C5H10O2.H2O4S/c1-2-4-7-5-3-6;1-5(2,3)4/h2,6H,1,3-5H2;(H2,1,2,3,4). The number of hydrogen-bond donors (Lipinski definition) is 3. The van der Waals surface area contributed by atoms with Gasteiger partial charge < -0.3 is 9.84 Å². The van der Waals surface area contributed by atoms with Crippen LogP contribution in [0.2, 0.25) is 0 Å². The molecule has 0 fully saturated rings. The van der Waals surface area contributed by atoms with Crippen molar-refractivity contribution >= 4 is 10.4 Å². The molecule has 0 aliphatic heterocycles. The summed E-state index contributed by atoms with van der Waals surface area (Å²) in [5.41, 5.74) is 0. The van der Waals surface area contributed by atoms with Crippen LogP contribution < -0.4 is 0 Å². The fourth-order valence-corrected chi connectivity index (χ4v) is 0.231. The Bertz CT molecular complexity index is 176. The zero-order valence-electron chi connectivity index (χ0n) is 6.38. The van der Waals surface area contributed by atoms with Crippen molar-refractivity contribution in [3.63, 3.8) is 0 Å². The van der Waals surface area contributed by atoms with Gasteiger partial charge in [-0.1, -0.05) is 6.08 Å². The second kappa shape index (κ2) is 8.62. The highest BCUT2D eigenvalue weighted by Gasteiger charge is 1.84. The third-order valence-electron chi connectivity index (χ3n) is 0.471. The minimum absolute atomic E-state index is 0.0911. The minimum atomic E-state index is -4.67. The van der Waals surface area contributed by atoms with Crippen molar-refractivity contribution in [2.45, 2.75) is 0 Å². The number of rotatable bonds is 4. The minimum Gasteiger partial charge on any atom is -0.394 e. The number of hydrogen-bond acceptors (Lipinski definition) is 4. The molecular formula is C5H12O6S. The second-order valence-corrected chi connectivity index (χ2v) is 2.43. The average molecular weight is 200 g/mol. The van der Waals surface area contributed by atoms with Crippen LogP contribution in [-0.2, 0) is 15.1 Å². The lowest BCUT2D eigenvalue weighted by atomic mass is 10.7. The van der Waals surface area contributed by atoms with Gasteiger partial charge in [-0.15, -0.1) is 6.58 Å². The van der Waals surface area contributed by atoms with Gasteiger partial charge in [0.25, 0.3) is 0 Å². The fourth-order valence-electron chi connectivity index (χ4n) is 0.231. The van der Waals surface area contributed by atoms with E-state index < -0.39 is 10.4 Å². The van der Waals surface area contributed by atoms with E-state index in [2.05, 4.69) is 6.58 Å². The summed E-state index contributed by atoms with van der Waals surface area (Å²) >= 11 is 0. The molecule has 7 heteroatoms. The summed E-state index contributed by atoms with van der Waals surface area (Å²) in [4.78, 5) is 0. The Morgan fingerprint density at radius 2 is 1.83 bits per heavy atom. The topological polar surface area (TPSA) is 104 Å². The Hall–Kier alpha value is -0.470. The van der Waals surface area contributed by atoms with Gasteiger partial charge in [0.15, 0.2) is 0 Å². The Labute approximate surface area is 71.1 Å². The first-order chi connectivity index (χ1) is 5.41. The predicted molar refractivity (Wildman–Crippen MR) is 42.3 cm³/mol. The lowest BCUT2D eigenvalue weighted by Gasteiger charge is -1.92. The number of ether oxygens (including phenoxy) is 1. The fraction of sp³-hybridized carbons (Fsp3) is 0.600. The van der Waals surface area contributed by atoms with Crippen molar-refractivity contribution in [3.05, 3.63) is 12.7 Å². The van der Waals surface area contributed by atoms with Crippen molar-refractivity contribution in [3.8, 4) is 0 Å². The summed E-state index contributed by atoms with van der Waals surface area (Å²) in [5.74, 6) is 0. The highest BCUT2D eigenvalue weighted by Crippen LogP contribution is 1.70. The maximum Gasteiger partial charge on any atom is 0.394 e. The smallest absolute Gasteiger partial charge is 0.394 e. The summed E-state index contributed by atoms with van der Waals surface area (Å²) in [6.07, 6.45) is 1.65. The van der Waals surface area contributed by atoms with Crippen molar-refractivity contribution in [1.82, 2.24) is 0 Å². The van der Waals surface area contributed by atoms with Gasteiger partial charge in [-0.2, -0.15) is 8.42 Å². The van der Waals surface area contributed by atoms with Crippen molar-refractivity contribution < 1.29 is 27.4 Å². The van der Waals surface area contributed by atoms with Crippen LogP contribution in [0.25, 0.3) is 0 Å². The molecular weight excluding hydrogens is 188 g/mol. The van der Waals surface area contributed by atoms with Gasteiger partial charge in [0.05, 0.1) is 19.8 Å². The van der Waals surface area contributed by atoms with Gasteiger partial charge in [-0.3, -0.25) is 9.11 Å². The van der Waals surface area contributed by atoms with Crippen LogP contribution in [0.3, 0.4) is 0 Å². The van der Waals surface area contributed by atoms with Crippen molar-refractivity contribution in [2.75, 3.05) is 19.8 Å². The number of aliphatic hydroxyl groups is 1. The van der Waals surface area contributed by atoms with Crippen molar-refractivity contribution in [2.24, 2.45) is 0 Å². The Morgan fingerprint density at radius 3 is 2.08 bits per heavy atom. The zero-order chi connectivity index (χ0) is 10.0. The highest BCUT2D eigenvalue weighted by molar-refractivity contribution is 7.79.